The standard InChI is InChI=1S/C19H22F2N4O/c1-24-9-8-23-17(24)12-25(16-11-19(16)4-6-22-7-5-19)18(26)14-10-13(20)2-3-15(14)21/h2-3,8-10,16,22H,4-7,11-12H2,1H3/t16-/m0/s1. The molecule has 1 aromatic heterocycles. The summed E-state index contributed by atoms with van der Waals surface area (Å²) in [6, 6.07) is 3.06. The normalized spacial score (nSPS) is 21.0. The minimum Gasteiger partial charge on any atom is -0.337 e. The first kappa shape index (κ1) is 17.1. The SMILES string of the molecule is Cn1ccnc1CN(C(=O)c1cc(F)ccc1F)[C@H]1CC12CCNCC2. The molecule has 0 unspecified atom stereocenters. The number of carbonyl (C=O) groups excluding carboxylic acids is 1. The Bertz CT molecular complexity index is 829. The molecule has 1 spiro atoms. The third-order valence-corrected chi connectivity index (χ3v) is 5.77. The molecule has 1 aliphatic heterocycles. The average molecular weight is 360 g/mol. The third kappa shape index (κ3) is 3.00. The third-order valence-electron chi connectivity index (χ3n) is 5.77. The molecule has 0 bridgehead atoms. The van der Waals surface area contributed by atoms with Gasteiger partial charge in [-0.3, -0.25) is 4.79 Å². The summed E-state index contributed by atoms with van der Waals surface area (Å²) in [4.78, 5) is 19.1. The summed E-state index contributed by atoms with van der Waals surface area (Å²) in [7, 11) is 1.86. The highest BCUT2D eigenvalue weighted by Gasteiger charge is 2.58. The van der Waals surface area contributed by atoms with Crippen LogP contribution in [0.4, 0.5) is 8.78 Å². The second-order valence-electron chi connectivity index (χ2n) is 7.34. The van der Waals surface area contributed by atoms with Crippen molar-refractivity contribution in [3.8, 4) is 0 Å². The number of nitrogens with one attached hydrogen (secondary N) is 1. The Morgan fingerprint density at radius 3 is 2.85 bits per heavy atom. The zero-order valence-corrected chi connectivity index (χ0v) is 14.7. The van der Waals surface area contributed by atoms with Crippen LogP contribution in [0.1, 0.15) is 35.4 Å². The van der Waals surface area contributed by atoms with Gasteiger partial charge < -0.3 is 14.8 Å². The highest BCUT2D eigenvalue weighted by Crippen LogP contribution is 2.56. The van der Waals surface area contributed by atoms with Crippen LogP contribution < -0.4 is 5.32 Å². The number of hydrogen-bond donors (Lipinski definition) is 1. The lowest BCUT2D eigenvalue weighted by Gasteiger charge is -2.29. The average Bonchev–Trinajstić information content (AvgIpc) is 3.14. The number of hydrogen-bond acceptors (Lipinski definition) is 3. The summed E-state index contributed by atoms with van der Waals surface area (Å²) in [6.07, 6.45) is 6.38. The molecule has 2 fully saturated rings. The van der Waals surface area contributed by atoms with Gasteiger partial charge in [0.15, 0.2) is 0 Å². The molecular formula is C19H22F2N4O. The van der Waals surface area contributed by atoms with Gasteiger partial charge >= 0.3 is 0 Å². The lowest BCUT2D eigenvalue weighted by atomic mass is 9.93. The Morgan fingerprint density at radius 1 is 1.38 bits per heavy atom. The van der Waals surface area contributed by atoms with Crippen molar-refractivity contribution in [1.29, 1.82) is 0 Å². The van der Waals surface area contributed by atoms with E-state index in [0.717, 1.165) is 56.4 Å². The summed E-state index contributed by atoms with van der Waals surface area (Å²) < 4.78 is 29.7. The molecule has 26 heavy (non-hydrogen) atoms. The molecule has 1 aliphatic carbocycles. The first-order valence-corrected chi connectivity index (χ1v) is 8.93. The molecule has 2 heterocycles. The molecule has 7 heteroatoms. The van der Waals surface area contributed by atoms with E-state index in [4.69, 9.17) is 0 Å². The Labute approximate surface area is 151 Å². The molecule has 0 radical (unpaired) electrons. The lowest BCUT2D eigenvalue weighted by molar-refractivity contribution is 0.0680. The lowest BCUT2D eigenvalue weighted by Crippen LogP contribution is -2.40. The van der Waals surface area contributed by atoms with Crippen molar-refractivity contribution in [3.63, 3.8) is 0 Å². The molecule has 1 saturated carbocycles. The zero-order chi connectivity index (χ0) is 18.3. The van der Waals surface area contributed by atoms with Crippen LogP contribution in [0.3, 0.4) is 0 Å². The maximum Gasteiger partial charge on any atom is 0.257 e. The molecule has 1 amide bonds. The summed E-state index contributed by atoms with van der Waals surface area (Å²) >= 11 is 0. The number of carbonyl (C=O) groups is 1. The van der Waals surface area contributed by atoms with E-state index < -0.39 is 17.5 Å². The van der Waals surface area contributed by atoms with Crippen LogP contribution in [0, 0.1) is 17.0 Å². The van der Waals surface area contributed by atoms with Crippen LogP contribution in [0.2, 0.25) is 0 Å². The number of rotatable bonds is 4. The predicted molar refractivity (Wildman–Crippen MR) is 92.4 cm³/mol. The van der Waals surface area contributed by atoms with Gasteiger partial charge in [-0.15, -0.1) is 0 Å². The minimum absolute atomic E-state index is 0.0384. The highest BCUT2D eigenvalue weighted by atomic mass is 19.1. The van der Waals surface area contributed by atoms with Gasteiger partial charge in [0, 0.05) is 25.5 Å². The summed E-state index contributed by atoms with van der Waals surface area (Å²) in [5.74, 6) is -1.04. The Hall–Kier alpha value is -2.28. The van der Waals surface area contributed by atoms with Gasteiger partial charge in [-0.2, -0.15) is 0 Å². The molecule has 2 aromatic rings. The van der Waals surface area contributed by atoms with Crippen molar-refractivity contribution < 1.29 is 13.6 Å². The molecule has 1 aromatic carbocycles. The topological polar surface area (TPSA) is 50.2 Å². The van der Waals surface area contributed by atoms with Crippen molar-refractivity contribution in [1.82, 2.24) is 19.8 Å². The van der Waals surface area contributed by atoms with Gasteiger partial charge in [-0.1, -0.05) is 0 Å². The van der Waals surface area contributed by atoms with Crippen LogP contribution in [-0.2, 0) is 13.6 Å². The van der Waals surface area contributed by atoms with E-state index in [9.17, 15) is 13.6 Å². The fourth-order valence-corrected chi connectivity index (χ4v) is 4.07. The fraction of sp³-hybridized carbons (Fsp3) is 0.474. The van der Waals surface area contributed by atoms with E-state index in [1.807, 2.05) is 17.8 Å². The minimum atomic E-state index is -0.693. The number of amides is 1. The Kier molecular flexibility index (Phi) is 4.26. The smallest absolute Gasteiger partial charge is 0.257 e. The van der Waals surface area contributed by atoms with Gasteiger partial charge in [0.25, 0.3) is 5.91 Å². The van der Waals surface area contributed by atoms with E-state index in [0.29, 0.717) is 0 Å². The predicted octanol–water partition coefficient (Wildman–Crippen LogP) is 2.48. The number of imidazole rings is 1. The van der Waals surface area contributed by atoms with E-state index in [1.165, 1.54) is 0 Å². The number of aryl methyl sites for hydroxylation is 1. The highest BCUT2D eigenvalue weighted by molar-refractivity contribution is 5.95. The molecule has 1 saturated heterocycles. The van der Waals surface area contributed by atoms with Gasteiger partial charge in [0.05, 0.1) is 12.1 Å². The number of aromatic nitrogens is 2. The molecular weight excluding hydrogens is 338 g/mol. The first-order valence-electron chi connectivity index (χ1n) is 8.93. The summed E-state index contributed by atoms with van der Waals surface area (Å²) in [5.41, 5.74) is -0.120. The summed E-state index contributed by atoms with van der Waals surface area (Å²) in [6.45, 7) is 2.14. The molecule has 5 nitrogen and oxygen atoms in total. The van der Waals surface area contributed by atoms with Crippen molar-refractivity contribution in [3.05, 3.63) is 53.6 Å². The summed E-state index contributed by atoms with van der Waals surface area (Å²) in [5, 5.41) is 3.34. The van der Waals surface area contributed by atoms with Crippen LogP contribution in [0.15, 0.2) is 30.6 Å². The van der Waals surface area contributed by atoms with Crippen LogP contribution in [0.25, 0.3) is 0 Å². The van der Waals surface area contributed by atoms with E-state index in [1.54, 1.807) is 11.1 Å². The second-order valence-corrected chi connectivity index (χ2v) is 7.34. The van der Waals surface area contributed by atoms with Gasteiger partial charge in [0.2, 0.25) is 0 Å². The van der Waals surface area contributed by atoms with Crippen molar-refractivity contribution in [2.45, 2.75) is 31.8 Å². The van der Waals surface area contributed by atoms with Crippen LogP contribution in [-0.4, -0.2) is 39.5 Å². The molecule has 2 aliphatic rings. The largest absolute Gasteiger partial charge is 0.337 e. The van der Waals surface area contributed by atoms with Crippen molar-refractivity contribution >= 4 is 5.91 Å². The van der Waals surface area contributed by atoms with Gasteiger partial charge in [-0.25, -0.2) is 13.8 Å². The van der Waals surface area contributed by atoms with Crippen molar-refractivity contribution in [2.75, 3.05) is 13.1 Å². The molecule has 4 rings (SSSR count). The van der Waals surface area contributed by atoms with E-state index in [-0.39, 0.29) is 23.6 Å². The maximum atomic E-state index is 14.2. The Morgan fingerprint density at radius 2 is 2.15 bits per heavy atom. The molecule has 138 valence electrons. The monoisotopic (exact) mass is 360 g/mol. The van der Waals surface area contributed by atoms with Crippen molar-refractivity contribution in [2.24, 2.45) is 12.5 Å². The quantitative estimate of drug-likeness (QED) is 0.911. The number of halogens is 2. The van der Waals surface area contributed by atoms with Crippen LogP contribution >= 0.6 is 0 Å². The maximum absolute atomic E-state index is 14.2. The zero-order valence-electron chi connectivity index (χ0n) is 14.7. The van der Waals surface area contributed by atoms with Crippen LogP contribution in [0.5, 0.6) is 0 Å². The first-order chi connectivity index (χ1) is 12.5. The van der Waals surface area contributed by atoms with E-state index in [2.05, 4.69) is 10.3 Å². The van der Waals surface area contributed by atoms with Gasteiger partial charge in [0.1, 0.15) is 17.5 Å². The Balaban J connectivity index is 1.65. The molecule has 1 atom stereocenters. The number of benzene rings is 1. The van der Waals surface area contributed by atoms with E-state index >= 15 is 0 Å². The molecule has 1 N–H and O–H groups in total. The number of piperidine rings is 1. The second kappa shape index (κ2) is 6.46. The fourth-order valence-electron chi connectivity index (χ4n) is 4.07. The number of nitrogens with zero attached hydrogens (tertiary/aromatic N) is 3. The van der Waals surface area contributed by atoms with Gasteiger partial charge in [-0.05, 0) is 56.0 Å².